The molecule has 0 N–H and O–H groups in total. The van der Waals surface area contributed by atoms with Crippen molar-refractivity contribution in [3.63, 3.8) is 0 Å². The van der Waals surface area contributed by atoms with Crippen molar-refractivity contribution in [3.05, 3.63) is 42.9 Å². The Hall–Kier alpha value is -1.20. The molecule has 0 aliphatic heterocycles. The van der Waals surface area contributed by atoms with Gasteiger partial charge in [0.1, 0.15) is 0 Å². The third-order valence-corrected chi connectivity index (χ3v) is 1.13. The molecule has 54 valence electrons. The molecule has 1 nitrogen and oxygen atoms in total. The maximum absolute atomic E-state index is 3.59. The summed E-state index contributed by atoms with van der Waals surface area (Å²) < 4.78 is 0. The van der Waals surface area contributed by atoms with E-state index >= 15 is 0 Å². The fourth-order valence-corrected chi connectivity index (χ4v) is 0.349. The van der Waals surface area contributed by atoms with E-state index in [1.54, 1.807) is 6.20 Å². The number of hydrogen-bond donors (Lipinski definition) is 0. The third-order valence-electron chi connectivity index (χ3n) is 1.13. The predicted molar refractivity (Wildman–Crippen MR) is 45.4 cm³/mol. The van der Waals surface area contributed by atoms with Crippen LogP contribution < -0.4 is 0 Å². The van der Waals surface area contributed by atoms with Gasteiger partial charge >= 0.3 is 0 Å². The van der Waals surface area contributed by atoms with Crippen LogP contribution in [0.1, 0.15) is 6.92 Å². The van der Waals surface area contributed by atoms with E-state index in [0.29, 0.717) is 0 Å². The van der Waals surface area contributed by atoms with E-state index in [9.17, 15) is 0 Å². The highest BCUT2D eigenvalue weighted by molar-refractivity contribution is 5.13. The maximum Gasteiger partial charge on any atom is 0.0106 e. The molecule has 0 fully saturated rings. The van der Waals surface area contributed by atoms with Crippen molar-refractivity contribution >= 4 is 0 Å². The zero-order chi connectivity index (χ0) is 7.98. The molecule has 0 aromatic heterocycles. The lowest BCUT2D eigenvalue weighted by atomic mass is 10.3. The van der Waals surface area contributed by atoms with Crippen molar-refractivity contribution in [2.45, 2.75) is 6.92 Å². The molecule has 1 heteroatoms. The molecular weight excluding hydrogens is 122 g/mol. The quantitative estimate of drug-likeness (QED) is 0.424. The van der Waals surface area contributed by atoms with E-state index in [1.807, 2.05) is 31.1 Å². The van der Waals surface area contributed by atoms with Crippen LogP contribution in [0.15, 0.2) is 42.9 Å². The Morgan fingerprint density at radius 1 is 1.60 bits per heavy atom. The molecule has 0 rings (SSSR count). The van der Waals surface area contributed by atoms with E-state index in [1.165, 1.54) is 0 Å². The second-order valence-corrected chi connectivity index (χ2v) is 2.02. The molecule has 0 amide bonds. The largest absolute Gasteiger partial charge is 0.358 e. The van der Waals surface area contributed by atoms with Crippen LogP contribution in [0.3, 0.4) is 0 Å². The van der Waals surface area contributed by atoms with Gasteiger partial charge in [-0.05, 0) is 24.8 Å². The van der Waals surface area contributed by atoms with Gasteiger partial charge in [0.05, 0.1) is 0 Å². The summed E-state index contributed by atoms with van der Waals surface area (Å²) in [6.45, 7) is 9.05. The molecule has 0 unspecified atom stereocenters. The van der Waals surface area contributed by atoms with E-state index in [0.717, 1.165) is 5.57 Å². The molecular formula is C9H13N. The van der Waals surface area contributed by atoms with Gasteiger partial charge in [-0.2, -0.15) is 0 Å². The molecule has 0 aromatic rings. The van der Waals surface area contributed by atoms with Crippen molar-refractivity contribution in [2.75, 3.05) is 7.05 Å². The van der Waals surface area contributed by atoms with Crippen LogP contribution >= 0.6 is 0 Å². The number of allylic oxidation sites excluding steroid dienone is 2. The average Bonchev–Trinajstić information content (AvgIpc) is 1.99. The summed E-state index contributed by atoms with van der Waals surface area (Å²) in [7, 11) is 1.92. The first-order valence-corrected chi connectivity index (χ1v) is 3.10. The number of rotatable bonds is 3. The first kappa shape index (κ1) is 8.80. The molecule has 0 aromatic carbocycles. The Morgan fingerprint density at radius 2 is 2.20 bits per heavy atom. The van der Waals surface area contributed by atoms with Gasteiger partial charge in [0, 0.05) is 13.2 Å². The monoisotopic (exact) mass is 135 g/mol. The van der Waals surface area contributed by atoms with E-state index < -0.39 is 0 Å². The van der Waals surface area contributed by atoms with Gasteiger partial charge in [0.2, 0.25) is 0 Å². The van der Waals surface area contributed by atoms with Crippen molar-refractivity contribution in [3.8, 4) is 0 Å². The highest BCUT2D eigenvalue weighted by atomic mass is 15.0. The van der Waals surface area contributed by atoms with E-state index in [4.69, 9.17) is 0 Å². The van der Waals surface area contributed by atoms with Gasteiger partial charge in [0.25, 0.3) is 0 Å². The van der Waals surface area contributed by atoms with Gasteiger partial charge in [-0.3, -0.25) is 0 Å². The second kappa shape index (κ2) is 4.66. The predicted octanol–water partition coefficient (Wildman–Crippen LogP) is 2.31. The van der Waals surface area contributed by atoms with Crippen LogP contribution in [0.5, 0.6) is 0 Å². The molecule has 0 heterocycles. The summed E-state index contributed by atoms with van der Waals surface area (Å²) in [6, 6.07) is 0. The van der Waals surface area contributed by atoms with Crippen molar-refractivity contribution < 1.29 is 0 Å². The van der Waals surface area contributed by atoms with Gasteiger partial charge in [-0.1, -0.05) is 13.2 Å². The first-order chi connectivity index (χ1) is 4.70. The highest BCUT2D eigenvalue weighted by Gasteiger charge is 1.78. The summed E-state index contributed by atoms with van der Waals surface area (Å²) in [6.07, 6.45) is 5.56. The molecule has 0 spiro atoms. The van der Waals surface area contributed by atoms with Crippen molar-refractivity contribution in [1.82, 2.24) is 4.90 Å². The summed E-state index contributed by atoms with van der Waals surface area (Å²) in [4.78, 5) is 1.86. The normalized spacial score (nSPS) is 9.00. The van der Waals surface area contributed by atoms with Gasteiger partial charge in [-0.15, -0.1) is 5.73 Å². The molecule has 0 saturated carbocycles. The van der Waals surface area contributed by atoms with Crippen LogP contribution in [0, 0.1) is 0 Å². The number of nitrogens with zero attached hydrogens (tertiary/aromatic N) is 1. The summed E-state index contributed by atoms with van der Waals surface area (Å²) in [5.74, 6) is 0. The molecule has 0 bridgehead atoms. The maximum atomic E-state index is 3.59. The molecule has 0 aliphatic rings. The van der Waals surface area contributed by atoms with Crippen LogP contribution in [0.25, 0.3) is 0 Å². The molecule has 0 aliphatic carbocycles. The zero-order valence-corrected chi connectivity index (χ0v) is 6.59. The lowest BCUT2D eigenvalue weighted by molar-refractivity contribution is 0.628. The highest BCUT2D eigenvalue weighted by Crippen LogP contribution is 1.92. The fraction of sp³-hybridized carbons (Fsp3) is 0.222. The Morgan fingerprint density at radius 3 is 2.60 bits per heavy atom. The summed E-state index contributed by atoms with van der Waals surface area (Å²) in [5, 5.41) is 0. The van der Waals surface area contributed by atoms with Crippen molar-refractivity contribution in [1.29, 1.82) is 0 Å². The minimum absolute atomic E-state index is 1.02. The Labute approximate surface area is 62.7 Å². The van der Waals surface area contributed by atoms with Gasteiger partial charge in [-0.25, -0.2) is 0 Å². The standard InChI is InChI=1S/C9H13N/c1-5-9(3)7-8-10(4)6-2/h6-8H,1-2H2,3-4H3/b8-7-. The summed E-state index contributed by atoms with van der Waals surface area (Å²) in [5.41, 5.74) is 3.79. The molecule has 10 heavy (non-hydrogen) atoms. The van der Waals surface area contributed by atoms with Crippen LogP contribution in [0.4, 0.5) is 0 Å². The zero-order valence-electron chi connectivity index (χ0n) is 6.59. The molecule has 0 saturated heterocycles. The fourth-order valence-electron chi connectivity index (χ4n) is 0.349. The molecule has 0 atom stereocenters. The molecule has 0 radical (unpaired) electrons. The average molecular weight is 135 g/mol. The second-order valence-electron chi connectivity index (χ2n) is 2.02. The SMILES string of the molecule is C=C=C(C)/C=C\N(C)C=C. The van der Waals surface area contributed by atoms with Crippen molar-refractivity contribution in [2.24, 2.45) is 0 Å². The Balaban J connectivity index is 3.99. The summed E-state index contributed by atoms with van der Waals surface area (Å²) >= 11 is 0. The first-order valence-electron chi connectivity index (χ1n) is 3.10. The third kappa shape index (κ3) is 3.76. The lowest BCUT2D eigenvalue weighted by Gasteiger charge is -2.03. The van der Waals surface area contributed by atoms with Gasteiger partial charge < -0.3 is 4.90 Å². The van der Waals surface area contributed by atoms with Crippen LogP contribution in [-0.4, -0.2) is 11.9 Å². The van der Waals surface area contributed by atoms with Gasteiger partial charge in [0.15, 0.2) is 0 Å². The minimum atomic E-state index is 1.02. The number of hydrogen-bond acceptors (Lipinski definition) is 1. The topological polar surface area (TPSA) is 3.24 Å². The lowest BCUT2D eigenvalue weighted by Crippen LogP contribution is -1.97. The Bertz CT molecular complexity index is 183. The smallest absolute Gasteiger partial charge is 0.0106 e. The van der Waals surface area contributed by atoms with E-state index in [2.05, 4.69) is 18.9 Å². The van der Waals surface area contributed by atoms with Crippen LogP contribution in [0.2, 0.25) is 0 Å². The Kier molecular flexibility index (Phi) is 4.10. The van der Waals surface area contributed by atoms with Crippen LogP contribution in [-0.2, 0) is 0 Å². The van der Waals surface area contributed by atoms with E-state index in [-0.39, 0.29) is 0 Å². The minimum Gasteiger partial charge on any atom is -0.358 e.